The number of carbonyl (C=O) groups excluding carboxylic acids is 3. The highest BCUT2D eigenvalue weighted by molar-refractivity contribution is 5.72. The Morgan fingerprint density at radius 2 is 0.768 bits per heavy atom. The maximum atomic E-state index is 12.7. The molecule has 0 aliphatic heterocycles. The molecule has 0 saturated heterocycles. The number of hydrogen-bond donors (Lipinski definition) is 0. The number of carbonyl (C=O) groups is 3. The van der Waals surface area contributed by atoms with Crippen LogP contribution in [0.3, 0.4) is 0 Å². The number of esters is 3. The van der Waals surface area contributed by atoms with Crippen molar-refractivity contribution in [3.63, 3.8) is 0 Å². The smallest absolute Gasteiger partial charge is 0.309 e. The van der Waals surface area contributed by atoms with Crippen LogP contribution in [0.1, 0.15) is 220 Å². The standard InChI is InChI=1S/C50H86O6/c1-4-7-10-13-16-19-21-23-24-25-26-27-29-31-34-37-40-43-49(52)55-46-47(45-54-48(51)42-39-36-33-30-18-15-12-9-6-3)56-50(53)44-41-38-35-32-28-22-20-17-14-11-8-5-2/h9,12,17-18,20,23-24,30,36,39,47H,4-8,10-11,13-16,19,21-22,25-29,31-35,37-38,40-46H2,1-3H3/b12-9-,20-17-,24-23-,30-18-,39-36-. The third kappa shape index (κ3) is 42.3. The molecule has 1 unspecified atom stereocenters. The maximum absolute atomic E-state index is 12.7. The second-order valence-electron chi connectivity index (χ2n) is 15.3. The minimum atomic E-state index is -0.812. The number of rotatable bonds is 41. The van der Waals surface area contributed by atoms with E-state index in [0.29, 0.717) is 12.8 Å². The number of unbranched alkanes of at least 4 members (excludes halogenated alkanes) is 21. The van der Waals surface area contributed by atoms with Gasteiger partial charge < -0.3 is 14.2 Å². The average molecular weight is 783 g/mol. The van der Waals surface area contributed by atoms with Crippen molar-refractivity contribution < 1.29 is 28.6 Å². The van der Waals surface area contributed by atoms with E-state index in [-0.39, 0.29) is 31.6 Å². The quantitative estimate of drug-likeness (QED) is 0.0266. The molecule has 0 aliphatic rings. The summed E-state index contributed by atoms with van der Waals surface area (Å²) in [5.74, 6) is -1.05. The molecule has 0 bridgehead atoms. The average Bonchev–Trinajstić information content (AvgIpc) is 3.19. The Labute approximate surface area is 345 Å². The fourth-order valence-electron chi connectivity index (χ4n) is 6.26. The molecule has 0 spiro atoms. The Morgan fingerprint density at radius 3 is 1.27 bits per heavy atom. The van der Waals surface area contributed by atoms with E-state index in [9.17, 15) is 14.4 Å². The molecule has 0 aromatic rings. The van der Waals surface area contributed by atoms with Gasteiger partial charge in [0.25, 0.3) is 0 Å². The predicted octanol–water partition coefficient (Wildman–Crippen LogP) is 14.9. The molecule has 0 aromatic carbocycles. The fraction of sp³-hybridized carbons (Fsp3) is 0.740. The van der Waals surface area contributed by atoms with Crippen molar-refractivity contribution in [1.82, 2.24) is 0 Å². The lowest BCUT2D eigenvalue weighted by molar-refractivity contribution is -0.166. The summed E-state index contributed by atoms with van der Waals surface area (Å²) in [5, 5.41) is 0. The zero-order chi connectivity index (χ0) is 40.8. The minimum absolute atomic E-state index is 0.107. The van der Waals surface area contributed by atoms with Crippen molar-refractivity contribution in [3.05, 3.63) is 60.8 Å². The second kappa shape index (κ2) is 44.8. The lowest BCUT2D eigenvalue weighted by atomic mass is 10.1. The molecule has 6 heteroatoms. The van der Waals surface area contributed by atoms with E-state index in [1.807, 2.05) is 6.08 Å². The molecule has 0 N–H and O–H groups in total. The summed E-state index contributed by atoms with van der Waals surface area (Å²) in [4.78, 5) is 37.6. The van der Waals surface area contributed by atoms with E-state index >= 15 is 0 Å². The molecule has 0 radical (unpaired) electrons. The Morgan fingerprint density at radius 1 is 0.393 bits per heavy atom. The molecule has 0 rings (SSSR count). The molecular formula is C50H86O6. The normalized spacial score (nSPS) is 12.6. The minimum Gasteiger partial charge on any atom is -0.462 e. The van der Waals surface area contributed by atoms with Crippen molar-refractivity contribution in [2.45, 2.75) is 226 Å². The fourth-order valence-corrected chi connectivity index (χ4v) is 6.26. The van der Waals surface area contributed by atoms with Gasteiger partial charge in [0.1, 0.15) is 13.2 Å². The van der Waals surface area contributed by atoms with Crippen molar-refractivity contribution in [2.75, 3.05) is 13.2 Å². The summed E-state index contributed by atoms with van der Waals surface area (Å²) in [5.41, 5.74) is 0. The topological polar surface area (TPSA) is 78.9 Å². The highest BCUT2D eigenvalue weighted by Crippen LogP contribution is 2.13. The van der Waals surface area contributed by atoms with E-state index in [1.165, 1.54) is 109 Å². The zero-order valence-corrected chi connectivity index (χ0v) is 36.6. The Hall–Kier alpha value is -2.89. The molecule has 0 aliphatic carbocycles. The third-order valence-electron chi connectivity index (χ3n) is 9.76. The highest BCUT2D eigenvalue weighted by atomic mass is 16.6. The summed E-state index contributed by atoms with van der Waals surface area (Å²) in [6.45, 7) is 6.37. The largest absolute Gasteiger partial charge is 0.462 e. The van der Waals surface area contributed by atoms with Crippen LogP contribution in [0.2, 0.25) is 0 Å². The lowest BCUT2D eigenvalue weighted by Gasteiger charge is -2.18. The first kappa shape index (κ1) is 53.1. The summed E-state index contributed by atoms with van der Waals surface area (Å²) in [6.07, 6.45) is 53.8. The molecule has 0 amide bonds. The molecular weight excluding hydrogens is 697 g/mol. The predicted molar refractivity (Wildman–Crippen MR) is 238 cm³/mol. The van der Waals surface area contributed by atoms with Gasteiger partial charge in [-0.1, -0.05) is 178 Å². The molecule has 0 fully saturated rings. The van der Waals surface area contributed by atoms with Crippen molar-refractivity contribution in [1.29, 1.82) is 0 Å². The molecule has 0 saturated carbocycles. The van der Waals surface area contributed by atoms with Crippen LogP contribution >= 0.6 is 0 Å². The Balaban J connectivity index is 4.39. The van der Waals surface area contributed by atoms with E-state index in [0.717, 1.165) is 70.6 Å². The van der Waals surface area contributed by atoms with Crippen molar-refractivity contribution in [3.8, 4) is 0 Å². The highest BCUT2D eigenvalue weighted by Gasteiger charge is 2.19. The van der Waals surface area contributed by atoms with Crippen LogP contribution < -0.4 is 0 Å². The summed E-state index contributed by atoms with van der Waals surface area (Å²) >= 11 is 0. The van der Waals surface area contributed by atoms with Crippen LogP contribution in [-0.4, -0.2) is 37.2 Å². The maximum Gasteiger partial charge on any atom is 0.309 e. The van der Waals surface area contributed by atoms with Gasteiger partial charge in [-0.25, -0.2) is 0 Å². The van der Waals surface area contributed by atoms with Crippen LogP contribution in [0.15, 0.2) is 60.8 Å². The summed E-state index contributed by atoms with van der Waals surface area (Å²) < 4.78 is 16.6. The van der Waals surface area contributed by atoms with Gasteiger partial charge in [0.15, 0.2) is 6.10 Å². The Bertz CT molecular complexity index is 1040. The van der Waals surface area contributed by atoms with Gasteiger partial charge >= 0.3 is 17.9 Å². The Kier molecular flexibility index (Phi) is 42.5. The molecule has 0 heterocycles. The van der Waals surface area contributed by atoms with Gasteiger partial charge in [0.05, 0.1) is 6.42 Å². The lowest BCUT2D eigenvalue weighted by Crippen LogP contribution is -2.30. The van der Waals surface area contributed by atoms with E-state index in [1.54, 1.807) is 6.08 Å². The van der Waals surface area contributed by atoms with Crippen LogP contribution in [0.5, 0.6) is 0 Å². The number of allylic oxidation sites excluding steroid dienone is 9. The van der Waals surface area contributed by atoms with Gasteiger partial charge in [-0.15, -0.1) is 0 Å². The number of hydrogen-bond acceptors (Lipinski definition) is 6. The van der Waals surface area contributed by atoms with Crippen LogP contribution in [0.25, 0.3) is 0 Å². The molecule has 6 nitrogen and oxygen atoms in total. The first-order valence-electron chi connectivity index (χ1n) is 23.3. The SMILES string of the molecule is CC/C=C\C/C=C\C/C=C\CC(=O)OCC(COC(=O)CCCCCCCCC/C=C\CCCCCCCC)OC(=O)CCCCCCC/C=C\CCCCC. The van der Waals surface area contributed by atoms with Crippen LogP contribution in [0.4, 0.5) is 0 Å². The van der Waals surface area contributed by atoms with Gasteiger partial charge in [-0.2, -0.15) is 0 Å². The van der Waals surface area contributed by atoms with Crippen molar-refractivity contribution >= 4 is 17.9 Å². The molecule has 0 aromatic heterocycles. The molecule has 322 valence electrons. The second-order valence-corrected chi connectivity index (χ2v) is 15.3. The summed E-state index contributed by atoms with van der Waals surface area (Å²) in [7, 11) is 0. The first-order valence-corrected chi connectivity index (χ1v) is 23.3. The number of ether oxygens (including phenoxy) is 3. The third-order valence-corrected chi connectivity index (χ3v) is 9.76. The monoisotopic (exact) mass is 783 g/mol. The van der Waals surface area contributed by atoms with Gasteiger partial charge in [0.2, 0.25) is 0 Å². The molecule has 1 atom stereocenters. The first-order chi connectivity index (χ1) is 27.5. The van der Waals surface area contributed by atoms with Gasteiger partial charge in [-0.3, -0.25) is 14.4 Å². The van der Waals surface area contributed by atoms with Crippen LogP contribution in [-0.2, 0) is 28.6 Å². The van der Waals surface area contributed by atoms with Crippen molar-refractivity contribution in [2.24, 2.45) is 0 Å². The van der Waals surface area contributed by atoms with E-state index in [2.05, 4.69) is 69.4 Å². The van der Waals surface area contributed by atoms with Crippen LogP contribution in [0, 0.1) is 0 Å². The summed E-state index contributed by atoms with van der Waals surface area (Å²) in [6, 6.07) is 0. The van der Waals surface area contributed by atoms with Gasteiger partial charge in [-0.05, 0) is 83.5 Å². The van der Waals surface area contributed by atoms with E-state index < -0.39 is 12.1 Å². The van der Waals surface area contributed by atoms with E-state index in [4.69, 9.17) is 14.2 Å². The molecule has 56 heavy (non-hydrogen) atoms. The zero-order valence-electron chi connectivity index (χ0n) is 36.6. The van der Waals surface area contributed by atoms with Gasteiger partial charge in [0, 0.05) is 12.8 Å².